The molecule has 9 aromatic carbocycles. The summed E-state index contributed by atoms with van der Waals surface area (Å²) in [6, 6.07) is 71.0. The summed E-state index contributed by atoms with van der Waals surface area (Å²) >= 11 is 0. The van der Waals surface area contributed by atoms with Gasteiger partial charge in [0, 0.05) is 17.2 Å². The van der Waals surface area contributed by atoms with Crippen molar-refractivity contribution in [1.29, 1.82) is 5.41 Å². The summed E-state index contributed by atoms with van der Waals surface area (Å²) in [6.45, 7) is 4.71. The summed E-state index contributed by atoms with van der Waals surface area (Å²) in [7, 11) is 0. The largest absolute Gasteiger partial charge is 0.300 e. The van der Waals surface area contributed by atoms with Gasteiger partial charge in [0.15, 0.2) is 0 Å². The van der Waals surface area contributed by atoms with E-state index in [1.807, 2.05) is 73.0 Å². The van der Waals surface area contributed by atoms with E-state index in [0.29, 0.717) is 5.71 Å². The first-order valence-corrected chi connectivity index (χ1v) is 20.3. The number of nitrogens with one attached hydrogen (secondary N) is 1. The Labute approximate surface area is 346 Å². The number of nitrogens with zero attached hydrogens (tertiary/aromatic N) is 1. The maximum atomic E-state index is 9.25. The third-order valence-electron chi connectivity index (χ3n) is 12.0. The lowest BCUT2D eigenvalue weighted by molar-refractivity contribution is 0.661. The van der Waals surface area contributed by atoms with Crippen LogP contribution in [0, 0.1) is 5.41 Å². The van der Waals surface area contributed by atoms with E-state index in [4.69, 9.17) is 4.99 Å². The van der Waals surface area contributed by atoms with E-state index in [2.05, 4.69) is 153 Å². The average molecular weight is 755 g/mol. The zero-order chi connectivity index (χ0) is 39.9. The van der Waals surface area contributed by atoms with Gasteiger partial charge < -0.3 is 5.41 Å². The van der Waals surface area contributed by atoms with Gasteiger partial charge in [-0.05, 0) is 107 Å². The Morgan fingerprint density at radius 3 is 1.88 bits per heavy atom. The number of hydrogen-bond acceptors (Lipinski definition) is 2. The van der Waals surface area contributed by atoms with Gasteiger partial charge in [0.2, 0.25) is 0 Å². The van der Waals surface area contributed by atoms with Crippen LogP contribution in [-0.2, 0) is 5.41 Å². The fraction of sp³-hybridized carbons (Fsp3) is 0.0526. The molecular formula is C57H42N2. The second-order valence-corrected chi connectivity index (χ2v) is 15.9. The third-order valence-corrected chi connectivity index (χ3v) is 12.0. The molecule has 0 saturated carbocycles. The maximum absolute atomic E-state index is 9.25. The van der Waals surface area contributed by atoms with Gasteiger partial charge in [-0.15, -0.1) is 0 Å². The molecule has 0 fully saturated rings. The van der Waals surface area contributed by atoms with Gasteiger partial charge >= 0.3 is 0 Å². The minimum Gasteiger partial charge on any atom is -0.300 e. The topological polar surface area (TPSA) is 36.2 Å². The number of hydrogen-bond donors (Lipinski definition) is 1. The van der Waals surface area contributed by atoms with E-state index in [0.717, 1.165) is 55.4 Å². The molecule has 2 heteroatoms. The first-order valence-electron chi connectivity index (χ1n) is 20.3. The SMILES string of the molecule is CC1(C)c2cc(-c3cccc(-c4ccc(/C(=C/C(=N)c5ccc(-c6ccccc6)cc5)N=Cc5ccccc5)c5ccccc45)c3)ccc2-c2c1ccc1ccccc21. The highest BCUT2D eigenvalue weighted by Crippen LogP contribution is 2.52. The van der Waals surface area contributed by atoms with Crippen molar-refractivity contribution in [3.8, 4) is 44.5 Å². The lowest BCUT2D eigenvalue weighted by Crippen LogP contribution is -2.15. The lowest BCUT2D eigenvalue weighted by atomic mass is 9.81. The van der Waals surface area contributed by atoms with E-state index in [-0.39, 0.29) is 5.41 Å². The second-order valence-electron chi connectivity index (χ2n) is 15.9. The van der Waals surface area contributed by atoms with Crippen LogP contribution in [0.3, 0.4) is 0 Å². The molecule has 59 heavy (non-hydrogen) atoms. The van der Waals surface area contributed by atoms with Crippen LogP contribution in [0.4, 0.5) is 0 Å². The number of fused-ring (bicyclic) bond motifs is 6. The van der Waals surface area contributed by atoms with Crippen LogP contribution in [0.25, 0.3) is 71.7 Å². The highest BCUT2D eigenvalue weighted by Gasteiger charge is 2.36. The van der Waals surface area contributed by atoms with Crippen molar-refractivity contribution in [1.82, 2.24) is 0 Å². The van der Waals surface area contributed by atoms with Crippen molar-refractivity contribution in [2.75, 3.05) is 0 Å². The molecule has 1 aliphatic rings. The standard InChI is InChI=1S/C57H42N2/c1-57(2)52-33-29-41-18-9-10-21-47(41)56(52)51-30-28-44(35-53(51)57)43-19-13-20-45(34-43)46-31-32-50(49-23-12-11-22-48(46)49)55(59-37-38-14-5-3-6-15-38)36-54(58)42-26-24-40(25-27-42)39-16-7-4-8-17-39/h3-37,58H,1-2H3/b55-36-,58-54?,59-37?. The Bertz CT molecular complexity index is 3110. The summed E-state index contributed by atoms with van der Waals surface area (Å²) < 4.78 is 0. The first kappa shape index (κ1) is 36.0. The molecule has 1 aliphatic carbocycles. The molecular weight excluding hydrogens is 713 g/mol. The zero-order valence-electron chi connectivity index (χ0n) is 33.2. The van der Waals surface area contributed by atoms with Gasteiger partial charge in [-0.2, -0.15) is 0 Å². The molecule has 0 bridgehead atoms. The van der Waals surface area contributed by atoms with Gasteiger partial charge in [0.1, 0.15) is 0 Å². The predicted molar refractivity (Wildman–Crippen MR) is 251 cm³/mol. The maximum Gasteiger partial charge on any atom is 0.0729 e. The molecule has 0 saturated heterocycles. The molecule has 0 amide bonds. The van der Waals surface area contributed by atoms with Crippen molar-refractivity contribution in [2.45, 2.75) is 19.3 Å². The minimum absolute atomic E-state index is 0.107. The molecule has 280 valence electrons. The zero-order valence-corrected chi connectivity index (χ0v) is 33.2. The third kappa shape index (κ3) is 6.59. The lowest BCUT2D eigenvalue weighted by Gasteiger charge is -2.22. The van der Waals surface area contributed by atoms with Crippen LogP contribution in [0.5, 0.6) is 0 Å². The van der Waals surface area contributed by atoms with Crippen molar-refractivity contribution >= 4 is 39.2 Å². The first-order chi connectivity index (χ1) is 28.9. The highest BCUT2D eigenvalue weighted by atomic mass is 14.7. The Morgan fingerprint density at radius 2 is 1.08 bits per heavy atom. The fourth-order valence-corrected chi connectivity index (χ4v) is 8.89. The molecule has 1 N–H and O–H groups in total. The van der Waals surface area contributed by atoms with Crippen LogP contribution in [0.15, 0.2) is 211 Å². The van der Waals surface area contributed by atoms with E-state index in [9.17, 15) is 5.41 Å². The summed E-state index contributed by atoms with van der Waals surface area (Å²) in [5.41, 5.74) is 16.3. The van der Waals surface area contributed by atoms with Gasteiger partial charge in [0.25, 0.3) is 0 Å². The molecule has 0 aliphatic heterocycles. The van der Waals surface area contributed by atoms with Crippen molar-refractivity contribution in [2.24, 2.45) is 4.99 Å². The van der Waals surface area contributed by atoms with Crippen molar-refractivity contribution in [3.05, 3.63) is 234 Å². The normalized spacial score (nSPS) is 13.2. The monoisotopic (exact) mass is 754 g/mol. The Balaban J connectivity index is 1.03. The number of allylic oxidation sites excluding steroid dienone is 1. The summed E-state index contributed by atoms with van der Waals surface area (Å²) in [5, 5.41) is 14.1. The van der Waals surface area contributed by atoms with E-state index < -0.39 is 0 Å². The Morgan fingerprint density at radius 1 is 0.475 bits per heavy atom. The number of benzene rings is 9. The van der Waals surface area contributed by atoms with Crippen LogP contribution in [0.2, 0.25) is 0 Å². The molecule has 0 unspecified atom stereocenters. The number of aliphatic imine (C=N–C) groups is 1. The Hall–Kier alpha value is -7.42. The fourth-order valence-electron chi connectivity index (χ4n) is 8.89. The molecule has 0 atom stereocenters. The summed E-state index contributed by atoms with van der Waals surface area (Å²) in [4.78, 5) is 5.07. The van der Waals surface area contributed by atoms with Crippen LogP contribution in [0.1, 0.15) is 41.7 Å². The molecule has 2 nitrogen and oxygen atoms in total. The van der Waals surface area contributed by atoms with Crippen LogP contribution >= 0.6 is 0 Å². The van der Waals surface area contributed by atoms with Gasteiger partial charge in [-0.25, -0.2) is 0 Å². The van der Waals surface area contributed by atoms with Gasteiger partial charge in [0.05, 0.1) is 11.4 Å². The second kappa shape index (κ2) is 14.8. The van der Waals surface area contributed by atoms with Crippen molar-refractivity contribution in [3.63, 3.8) is 0 Å². The molecule has 0 radical (unpaired) electrons. The van der Waals surface area contributed by atoms with Crippen molar-refractivity contribution < 1.29 is 0 Å². The number of rotatable bonds is 8. The van der Waals surface area contributed by atoms with Crippen LogP contribution in [-0.4, -0.2) is 11.9 Å². The van der Waals surface area contributed by atoms with Gasteiger partial charge in [-0.1, -0.05) is 202 Å². The smallest absolute Gasteiger partial charge is 0.0729 e. The molecule has 0 aromatic heterocycles. The van der Waals surface area contributed by atoms with E-state index >= 15 is 0 Å². The molecule has 0 spiro atoms. The quantitative estimate of drug-likeness (QED) is 0.150. The minimum atomic E-state index is -0.107. The van der Waals surface area contributed by atoms with E-state index in [1.54, 1.807) is 0 Å². The summed E-state index contributed by atoms with van der Waals surface area (Å²) in [5.74, 6) is 0. The summed E-state index contributed by atoms with van der Waals surface area (Å²) in [6.07, 6.45) is 3.79. The predicted octanol–water partition coefficient (Wildman–Crippen LogP) is 14.8. The molecule has 0 heterocycles. The molecule has 9 aromatic rings. The highest BCUT2D eigenvalue weighted by molar-refractivity contribution is 6.13. The van der Waals surface area contributed by atoms with Crippen LogP contribution < -0.4 is 0 Å². The van der Waals surface area contributed by atoms with E-state index in [1.165, 1.54) is 44.2 Å². The Kier molecular flexibility index (Phi) is 9.03. The van der Waals surface area contributed by atoms with Gasteiger partial charge in [-0.3, -0.25) is 4.99 Å². The average Bonchev–Trinajstić information content (AvgIpc) is 3.53. The molecule has 10 rings (SSSR count).